The lowest BCUT2D eigenvalue weighted by molar-refractivity contribution is 0.0955. The molecule has 1 N–H and O–H groups in total. The van der Waals surface area contributed by atoms with Gasteiger partial charge in [0.1, 0.15) is 5.82 Å². The highest BCUT2D eigenvalue weighted by atomic mass is 32.1. The summed E-state index contributed by atoms with van der Waals surface area (Å²) in [7, 11) is 0. The van der Waals surface area contributed by atoms with Gasteiger partial charge >= 0.3 is 0 Å². The lowest BCUT2D eigenvalue weighted by Crippen LogP contribution is -2.26. The molecule has 0 aliphatic rings. The van der Waals surface area contributed by atoms with Crippen molar-refractivity contribution in [1.29, 1.82) is 0 Å². The molecule has 0 atom stereocenters. The van der Waals surface area contributed by atoms with Crippen molar-refractivity contribution in [2.24, 2.45) is 0 Å². The Morgan fingerprint density at radius 3 is 2.79 bits per heavy atom. The van der Waals surface area contributed by atoms with E-state index >= 15 is 0 Å². The molecule has 8 nitrogen and oxygen atoms in total. The van der Waals surface area contributed by atoms with Gasteiger partial charge in [0, 0.05) is 40.5 Å². The first kappa shape index (κ1) is 21.3. The van der Waals surface area contributed by atoms with Crippen LogP contribution in [0.3, 0.4) is 0 Å². The molecule has 5 heterocycles. The molecule has 0 unspecified atom stereocenters. The van der Waals surface area contributed by atoms with E-state index in [0.717, 1.165) is 33.8 Å². The van der Waals surface area contributed by atoms with Crippen molar-refractivity contribution in [2.45, 2.75) is 40.2 Å². The van der Waals surface area contributed by atoms with Gasteiger partial charge in [0.05, 0.1) is 22.8 Å². The smallest absolute Gasteiger partial charge is 0.252 e. The van der Waals surface area contributed by atoms with Gasteiger partial charge in [0.2, 0.25) is 0 Å². The number of hydrogen-bond donors (Lipinski definition) is 1. The molecule has 33 heavy (non-hydrogen) atoms. The summed E-state index contributed by atoms with van der Waals surface area (Å²) in [6.07, 6.45) is 4.24. The summed E-state index contributed by atoms with van der Waals surface area (Å²) < 4.78 is 3.80. The average molecular weight is 460 g/mol. The summed E-state index contributed by atoms with van der Waals surface area (Å²) in [5, 5.41) is 16.7. The van der Waals surface area contributed by atoms with Crippen molar-refractivity contribution in [1.82, 2.24) is 34.7 Å². The van der Waals surface area contributed by atoms with Gasteiger partial charge in [-0.05, 0) is 52.0 Å². The van der Waals surface area contributed by atoms with E-state index in [1.807, 2.05) is 39.5 Å². The number of aryl methyl sites for hydroxylation is 2. The van der Waals surface area contributed by atoms with Crippen molar-refractivity contribution in [3.63, 3.8) is 0 Å². The van der Waals surface area contributed by atoms with Crippen molar-refractivity contribution in [2.75, 3.05) is 6.54 Å². The van der Waals surface area contributed by atoms with Crippen LogP contribution in [0.5, 0.6) is 0 Å². The molecule has 0 aliphatic heterocycles. The maximum Gasteiger partial charge on any atom is 0.252 e. The van der Waals surface area contributed by atoms with E-state index in [-0.39, 0.29) is 11.9 Å². The standard InChI is InChI=1S/C24H25N7OS/c1-14(2)31-23-19(13-26-31)18(12-20(27-23)17-11-15(3)33-16(17)4)24(32)25-9-8-22-29-28-21-7-5-6-10-30(21)22/h5-7,10-14H,8-9H2,1-4H3,(H,25,32). The topological polar surface area (TPSA) is 90.0 Å². The molecular weight excluding hydrogens is 434 g/mol. The Balaban J connectivity index is 1.47. The van der Waals surface area contributed by atoms with Crippen molar-refractivity contribution in [3.05, 3.63) is 63.9 Å². The maximum atomic E-state index is 13.3. The lowest BCUT2D eigenvalue weighted by Gasteiger charge is -2.11. The Morgan fingerprint density at radius 1 is 1.18 bits per heavy atom. The predicted octanol–water partition coefficient (Wildman–Crippen LogP) is 4.37. The molecule has 5 aromatic heterocycles. The molecule has 0 bridgehead atoms. The highest BCUT2D eigenvalue weighted by Gasteiger charge is 2.20. The van der Waals surface area contributed by atoms with E-state index in [0.29, 0.717) is 18.5 Å². The van der Waals surface area contributed by atoms with Crippen LogP contribution in [-0.2, 0) is 6.42 Å². The molecule has 168 valence electrons. The molecule has 0 saturated heterocycles. The fourth-order valence-corrected chi connectivity index (χ4v) is 4.98. The fraction of sp³-hybridized carbons (Fsp3) is 0.292. The van der Waals surface area contributed by atoms with Crippen LogP contribution < -0.4 is 5.32 Å². The molecule has 0 radical (unpaired) electrons. The summed E-state index contributed by atoms with van der Waals surface area (Å²) >= 11 is 1.73. The van der Waals surface area contributed by atoms with Crippen LogP contribution in [-0.4, -0.2) is 41.8 Å². The third-order valence-corrected chi connectivity index (χ3v) is 6.60. The molecule has 0 spiro atoms. The van der Waals surface area contributed by atoms with Gasteiger partial charge in [-0.1, -0.05) is 6.07 Å². The number of rotatable bonds is 6. The SMILES string of the molecule is Cc1cc(-c2cc(C(=O)NCCc3nnc4ccccn34)c3cnn(C(C)C)c3n2)c(C)s1. The highest BCUT2D eigenvalue weighted by molar-refractivity contribution is 7.12. The van der Waals surface area contributed by atoms with Crippen LogP contribution in [0.4, 0.5) is 0 Å². The molecule has 0 fully saturated rings. The molecule has 0 aliphatic carbocycles. The number of aromatic nitrogens is 6. The second-order valence-electron chi connectivity index (χ2n) is 8.35. The molecular formula is C24H25N7OS. The minimum absolute atomic E-state index is 0.132. The first-order valence-corrected chi connectivity index (χ1v) is 11.8. The van der Waals surface area contributed by atoms with Gasteiger partial charge in [-0.25, -0.2) is 9.67 Å². The number of hydrogen-bond acceptors (Lipinski definition) is 6. The zero-order valence-corrected chi connectivity index (χ0v) is 19.8. The van der Waals surface area contributed by atoms with Crippen LogP contribution in [0.25, 0.3) is 27.9 Å². The van der Waals surface area contributed by atoms with Crippen LogP contribution in [0.15, 0.2) is 42.7 Å². The highest BCUT2D eigenvalue weighted by Crippen LogP contribution is 2.32. The van der Waals surface area contributed by atoms with E-state index in [1.165, 1.54) is 9.75 Å². The summed E-state index contributed by atoms with van der Waals surface area (Å²) in [5.41, 5.74) is 3.94. The van der Waals surface area contributed by atoms with Crippen LogP contribution >= 0.6 is 11.3 Å². The molecule has 0 aromatic carbocycles. The first-order valence-electron chi connectivity index (χ1n) is 10.9. The summed E-state index contributed by atoms with van der Waals surface area (Å²) in [6, 6.07) is 9.91. The van der Waals surface area contributed by atoms with Crippen molar-refractivity contribution < 1.29 is 4.79 Å². The Kier molecular flexibility index (Phi) is 5.41. The Labute approximate surface area is 195 Å². The van der Waals surface area contributed by atoms with E-state index in [2.05, 4.69) is 54.4 Å². The Bertz CT molecular complexity index is 1480. The van der Waals surface area contributed by atoms with Gasteiger partial charge in [0.25, 0.3) is 5.91 Å². The van der Waals surface area contributed by atoms with Crippen molar-refractivity contribution in [3.8, 4) is 11.3 Å². The Morgan fingerprint density at radius 2 is 2.03 bits per heavy atom. The van der Waals surface area contributed by atoms with E-state index in [9.17, 15) is 4.79 Å². The third-order valence-electron chi connectivity index (χ3n) is 5.64. The van der Waals surface area contributed by atoms with Gasteiger partial charge in [-0.2, -0.15) is 5.10 Å². The predicted molar refractivity (Wildman–Crippen MR) is 130 cm³/mol. The minimum atomic E-state index is -0.148. The van der Waals surface area contributed by atoms with E-state index < -0.39 is 0 Å². The molecule has 1 amide bonds. The summed E-state index contributed by atoms with van der Waals surface area (Å²) in [5.74, 6) is 0.661. The van der Waals surface area contributed by atoms with Crippen LogP contribution in [0.1, 0.15) is 45.8 Å². The second-order valence-corrected chi connectivity index (χ2v) is 9.81. The van der Waals surface area contributed by atoms with Crippen LogP contribution in [0, 0.1) is 13.8 Å². The second kappa shape index (κ2) is 8.40. The summed E-state index contributed by atoms with van der Waals surface area (Å²) in [6.45, 7) is 8.73. The van der Waals surface area contributed by atoms with E-state index in [1.54, 1.807) is 17.5 Å². The largest absolute Gasteiger partial charge is 0.352 e. The summed E-state index contributed by atoms with van der Waals surface area (Å²) in [4.78, 5) is 20.6. The number of fused-ring (bicyclic) bond motifs is 2. The van der Waals surface area contributed by atoms with Gasteiger partial charge in [-0.15, -0.1) is 21.5 Å². The minimum Gasteiger partial charge on any atom is -0.352 e. The van der Waals surface area contributed by atoms with Crippen molar-refractivity contribution >= 4 is 33.9 Å². The number of carbonyl (C=O) groups is 1. The van der Waals surface area contributed by atoms with Gasteiger partial charge in [-0.3, -0.25) is 9.20 Å². The number of nitrogens with zero attached hydrogens (tertiary/aromatic N) is 6. The first-order chi connectivity index (χ1) is 15.9. The normalized spacial score (nSPS) is 11.7. The van der Waals surface area contributed by atoms with Gasteiger partial charge in [0.15, 0.2) is 11.3 Å². The number of carbonyl (C=O) groups excluding carboxylic acids is 1. The molecule has 9 heteroatoms. The fourth-order valence-electron chi connectivity index (χ4n) is 4.05. The lowest BCUT2D eigenvalue weighted by atomic mass is 10.1. The van der Waals surface area contributed by atoms with Crippen LogP contribution in [0.2, 0.25) is 0 Å². The number of thiophene rings is 1. The Hall–Kier alpha value is -3.59. The molecule has 0 saturated carbocycles. The maximum absolute atomic E-state index is 13.3. The number of amides is 1. The average Bonchev–Trinajstić information content (AvgIpc) is 3.49. The number of nitrogens with one attached hydrogen (secondary N) is 1. The third kappa shape index (κ3) is 3.89. The van der Waals surface area contributed by atoms with Gasteiger partial charge < -0.3 is 5.32 Å². The van der Waals surface area contributed by atoms with E-state index in [4.69, 9.17) is 4.98 Å². The zero-order chi connectivity index (χ0) is 23.1. The molecule has 5 rings (SSSR count). The number of pyridine rings is 2. The zero-order valence-electron chi connectivity index (χ0n) is 19.0. The molecule has 5 aromatic rings. The quantitative estimate of drug-likeness (QED) is 0.407. The monoisotopic (exact) mass is 459 g/mol.